The minimum atomic E-state index is -0.0923. The minimum absolute atomic E-state index is 0.0923. The van der Waals surface area contributed by atoms with Gasteiger partial charge in [-0.1, -0.05) is 29.8 Å². The number of ether oxygens (including phenoxy) is 1. The molecule has 1 fully saturated rings. The van der Waals surface area contributed by atoms with E-state index in [1.165, 1.54) is 32.0 Å². The number of aryl methyl sites for hydroxylation is 3. The molecule has 2 heterocycles. The number of esters is 1. The van der Waals surface area contributed by atoms with E-state index in [-0.39, 0.29) is 5.97 Å². The van der Waals surface area contributed by atoms with Crippen LogP contribution in [0, 0.1) is 0 Å². The molecule has 1 aromatic carbocycles. The molecule has 0 spiro atoms. The fourth-order valence-corrected chi connectivity index (χ4v) is 5.53. The number of likely N-dealkylation sites (tertiary alicyclic amines) is 1. The van der Waals surface area contributed by atoms with Crippen LogP contribution in [0.4, 0.5) is 0 Å². The molecule has 0 unspecified atom stereocenters. The molecule has 2 aromatic rings. The number of carbonyl (C=O) groups excluding carboxylic acids is 1. The average Bonchev–Trinajstić information content (AvgIpc) is 3.04. The molecule has 3 nitrogen and oxygen atoms in total. The Morgan fingerprint density at radius 2 is 1.89 bits per heavy atom. The van der Waals surface area contributed by atoms with Crippen molar-refractivity contribution in [1.82, 2.24) is 4.90 Å². The molecule has 1 aromatic heterocycles. The van der Waals surface area contributed by atoms with Gasteiger partial charge in [0.05, 0.1) is 13.0 Å². The van der Waals surface area contributed by atoms with Crippen molar-refractivity contribution >= 4 is 22.9 Å². The topological polar surface area (TPSA) is 29.5 Å². The predicted octanol–water partition coefficient (Wildman–Crippen LogP) is 4.87. The third-order valence-corrected chi connectivity index (χ3v) is 7.12. The first kappa shape index (κ1) is 19.4. The van der Waals surface area contributed by atoms with Gasteiger partial charge < -0.3 is 9.64 Å². The van der Waals surface area contributed by atoms with E-state index in [2.05, 4.69) is 42.3 Å². The number of hydrogen-bond donors (Lipinski definition) is 0. The van der Waals surface area contributed by atoms with E-state index in [0.717, 1.165) is 45.2 Å². The smallest absolute Gasteiger partial charge is 0.306 e. The quantitative estimate of drug-likeness (QED) is 0.692. The monoisotopic (exact) mass is 395 g/mol. The highest BCUT2D eigenvalue weighted by Gasteiger charge is 2.25. The average molecular weight is 396 g/mol. The maximum Gasteiger partial charge on any atom is 0.306 e. The van der Waals surface area contributed by atoms with Crippen LogP contribution in [0.15, 0.2) is 35.9 Å². The van der Waals surface area contributed by atoms with Crippen LogP contribution >= 0.6 is 11.3 Å². The molecule has 1 aliphatic carbocycles. The van der Waals surface area contributed by atoms with Crippen molar-refractivity contribution in [2.75, 3.05) is 26.7 Å². The Kier molecular flexibility index (Phi) is 5.98. The Hall–Kier alpha value is -1.91. The minimum Gasteiger partial charge on any atom is -0.466 e. The van der Waals surface area contributed by atoms with Gasteiger partial charge in [-0.05, 0) is 74.4 Å². The lowest BCUT2D eigenvalue weighted by molar-refractivity contribution is -0.143. The summed E-state index contributed by atoms with van der Waals surface area (Å²) < 4.78 is 5.11. The van der Waals surface area contributed by atoms with E-state index >= 15 is 0 Å². The Labute approximate surface area is 172 Å². The highest BCUT2D eigenvalue weighted by molar-refractivity contribution is 7.12. The molecule has 1 aliphatic heterocycles. The molecule has 1 saturated heterocycles. The number of thiophene rings is 1. The van der Waals surface area contributed by atoms with Crippen LogP contribution in [0.3, 0.4) is 0 Å². The van der Waals surface area contributed by atoms with Gasteiger partial charge in [0.1, 0.15) is 0 Å². The van der Waals surface area contributed by atoms with Crippen LogP contribution in [0.1, 0.15) is 52.6 Å². The summed E-state index contributed by atoms with van der Waals surface area (Å²) in [7, 11) is 2.21. The van der Waals surface area contributed by atoms with Gasteiger partial charge in [-0.15, -0.1) is 11.3 Å². The predicted molar refractivity (Wildman–Crippen MR) is 116 cm³/mol. The first-order valence-corrected chi connectivity index (χ1v) is 11.2. The van der Waals surface area contributed by atoms with Gasteiger partial charge in [-0.3, -0.25) is 4.79 Å². The van der Waals surface area contributed by atoms with Crippen LogP contribution in [0.5, 0.6) is 0 Å². The van der Waals surface area contributed by atoms with Gasteiger partial charge in [-0.2, -0.15) is 0 Å². The Bertz CT molecular complexity index is 886. The zero-order chi connectivity index (χ0) is 19.5. The normalized spacial score (nSPS) is 17.1. The molecule has 0 atom stereocenters. The summed E-state index contributed by atoms with van der Waals surface area (Å²) in [4.78, 5) is 17.0. The zero-order valence-electron chi connectivity index (χ0n) is 16.9. The summed E-state index contributed by atoms with van der Waals surface area (Å²) in [6.45, 7) is 4.59. The van der Waals surface area contributed by atoms with E-state index < -0.39 is 0 Å². The van der Waals surface area contributed by atoms with Crippen LogP contribution in [0.2, 0.25) is 0 Å². The van der Waals surface area contributed by atoms with Gasteiger partial charge in [0, 0.05) is 22.8 Å². The fraction of sp³-hybridized carbons (Fsp3) is 0.458. The van der Waals surface area contributed by atoms with E-state index in [0.29, 0.717) is 13.0 Å². The van der Waals surface area contributed by atoms with Crippen molar-refractivity contribution in [3.05, 3.63) is 62.3 Å². The van der Waals surface area contributed by atoms with Crippen molar-refractivity contribution in [2.24, 2.45) is 0 Å². The zero-order valence-corrected chi connectivity index (χ0v) is 17.7. The largest absolute Gasteiger partial charge is 0.466 e. The third kappa shape index (κ3) is 4.08. The summed E-state index contributed by atoms with van der Waals surface area (Å²) in [5.74, 6) is -0.0923. The fourth-order valence-electron chi connectivity index (χ4n) is 4.36. The Morgan fingerprint density at radius 3 is 2.68 bits per heavy atom. The number of fused-ring (bicyclic) bond motifs is 2. The molecule has 28 heavy (non-hydrogen) atoms. The SMILES string of the molecule is CCOC(=O)CCc1cc2c(s1)CCc1ccccc1C2=C1CCN(C)CC1. The number of rotatable bonds is 4. The molecule has 0 radical (unpaired) electrons. The maximum atomic E-state index is 11.8. The van der Waals surface area contributed by atoms with Crippen molar-refractivity contribution < 1.29 is 9.53 Å². The third-order valence-electron chi connectivity index (χ3n) is 5.86. The van der Waals surface area contributed by atoms with Gasteiger partial charge in [0.15, 0.2) is 0 Å². The molecule has 0 saturated carbocycles. The summed E-state index contributed by atoms with van der Waals surface area (Å²) >= 11 is 1.90. The van der Waals surface area contributed by atoms with Crippen LogP contribution in [0.25, 0.3) is 5.57 Å². The van der Waals surface area contributed by atoms with Crippen molar-refractivity contribution in [3.8, 4) is 0 Å². The van der Waals surface area contributed by atoms with Crippen LogP contribution in [-0.2, 0) is 28.8 Å². The summed E-state index contributed by atoms with van der Waals surface area (Å²) in [6.07, 6.45) is 5.73. The molecule has 0 bridgehead atoms. The van der Waals surface area contributed by atoms with Gasteiger partial charge in [0.25, 0.3) is 0 Å². The molecule has 0 N–H and O–H groups in total. The van der Waals surface area contributed by atoms with E-state index in [1.54, 1.807) is 5.57 Å². The van der Waals surface area contributed by atoms with Crippen molar-refractivity contribution in [3.63, 3.8) is 0 Å². The standard InChI is InChI=1S/C24H29NO2S/c1-3-27-23(26)11-9-19-16-21-22(28-19)10-8-17-6-4-5-7-20(17)24(21)18-12-14-25(2)15-13-18/h4-7,16H,3,8-15H2,1-2H3. The second kappa shape index (κ2) is 8.62. The highest BCUT2D eigenvalue weighted by Crippen LogP contribution is 2.41. The van der Waals surface area contributed by atoms with E-state index in [4.69, 9.17) is 4.74 Å². The second-order valence-corrected chi connectivity index (χ2v) is 9.01. The van der Waals surface area contributed by atoms with Crippen molar-refractivity contribution in [1.29, 1.82) is 0 Å². The summed E-state index contributed by atoms with van der Waals surface area (Å²) in [5, 5.41) is 0. The number of hydrogen-bond acceptors (Lipinski definition) is 4. The lowest BCUT2D eigenvalue weighted by Gasteiger charge is -2.27. The van der Waals surface area contributed by atoms with E-state index in [1.807, 2.05) is 18.3 Å². The maximum absolute atomic E-state index is 11.8. The first-order valence-electron chi connectivity index (χ1n) is 10.4. The molecular weight excluding hydrogens is 366 g/mol. The van der Waals surface area contributed by atoms with E-state index in [9.17, 15) is 4.79 Å². The number of piperidine rings is 1. The number of nitrogens with zero attached hydrogens (tertiary/aromatic N) is 1. The summed E-state index contributed by atoms with van der Waals surface area (Å²) in [6, 6.07) is 11.3. The molecule has 0 amide bonds. The number of carbonyl (C=O) groups is 1. The van der Waals surface area contributed by atoms with Crippen LogP contribution < -0.4 is 0 Å². The lowest BCUT2D eigenvalue weighted by Crippen LogP contribution is -2.27. The van der Waals surface area contributed by atoms with Gasteiger partial charge >= 0.3 is 5.97 Å². The molecule has 4 rings (SSSR count). The second-order valence-electron chi connectivity index (χ2n) is 7.79. The molecular formula is C24H29NO2S. The Balaban J connectivity index is 1.71. The van der Waals surface area contributed by atoms with Crippen LogP contribution in [-0.4, -0.2) is 37.6 Å². The Morgan fingerprint density at radius 1 is 1.11 bits per heavy atom. The first-order chi connectivity index (χ1) is 13.7. The highest BCUT2D eigenvalue weighted by atomic mass is 32.1. The van der Waals surface area contributed by atoms with Crippen molar-refractivity contribution in [2.45, 2.75) is 45.4 Å². The van der Waals surface area contributed by atoms with Gasteiger partial charge in [-0.25, -0.2) is 0 Å². The lowest BCUT2D eigenvalue weighted by atomic mass is 9.87. The number of benzene rings is 1. The molecule has 148 valence electrons. The molecule has 2 aliphatic rings. The van der Waals surface area contributed by atoms with Gasteiger partial charge in [0.2, 0.25) is 0 Å². The summed E-state index contributed by atoms with van der Waals surface area (Å²) in [5.41, 5.74) is 7.41. The molecule has 4 heteroatoms.